The molecule has 0 bridgehead atoms. The molecule has 3 heterocycles. The fourth-order valence-electron chi connectivity index (χ4n) is 3.90. The molecule has 0 spiro atoms. The molecule has 2 aromatic carbocycles. The minimum Gasteiger partial charge on any atom is -0.340 e. The van der Waals surface area contributed by atoms with Crippen molar-refractivity contribution in [1.29, 1.82) is 0 Å². The van der Waals surface area contributed by atoms with Crippen LogP contribution < -0.4 is 0 Å². The van der Waals surface area contributed by atoms with E-state index in [1.807, 2.05) is 17.5 Å². The average molecular weight is 353 g/mol. The Bertz CT molecular complexity index is 1260. The lowest BCUT2D eigenvalue weighted by Gasteiger charge is -2.12. The van der Waals surface area contributed by atoms with Crippen LogP contribution in [0.2, 0.25) is 0 Å². The topological polar surface area (TPSA) is 48.0 Å². The second kappa shape index (κ2) is 6.06. The van der Waals surface area contributed by atoms with E-state index in [1.54, 1.807) is 6.33 Å². The molecule has 132 valence electrons. The maximum absolute atomic E-state index is 4.51. The van der Waals surface area contributed by atoms with Crippen LogP contribution in [-0.4, -0.2) is 24.1 Å². The summed E-state index contributed by atoms with van der Waals surface area (Å²) in [6.45, 7) is 5.07. The molecule has 0 aliphatic heterocycles. The minimum absolute atomic E-state index is 0.623. The fourth-order valence-corrected chi connectivity index (χ4v) is 3.90. The largest absolute Gasteiger partial charge is 0.340 e. The summed E-state index contributed by atoms with van der Waals surface area (Å²) in [5.41, 5.74) is 6.71. The van der Waals surface area contributed by atoms with Crippen LogP contribution in [0.3, 0.4) is 0 Å². The number of aryl methyl sites for hydroxylation is 2. The predicted octanol–water partition coefficient (Wildman–Crippen LogP) is 4.74. The Balaban J connectivity index is 1.99. The highest BCUT2D eigenvalue weighted by Gasteiger charge is 2.22. The van der Waals surface area contributed by atoms with Crippen molar-refractivity contribution in [1.82, 2.24) is 24.1 Å². The summed E-state index contributed by atoms with van der Waals surface area (Å²) in [4.78, 5) is 8.82. The summed E-state index contributed by atoms with van der Waals surface area (Å²) < 4.78 is 4.21. The Kier molecular flexibility index (Phi) is 3.53. The van der Waals surface area contributed by atoms with Crippen molar-refractivity contribution >= 4 is 16.7 Å². The van der Waals surface area contributed by atoms with Crippen LogP contribution in [0.15, 0.2) is 67.0 Å². The van der Waals surface area contributed by atoms with Gasteiger partial charge in [0.1, 0.15) is 6.33 Å². The Labute approximate surface area is 156 Å². The Hall–Kier alpha value is -3.47. The first kappa shape index (κ1) is 15.8. The monoisotopic (exact) mass is 353 g/mol. The van der Waals surface area contributed by atoms with E-state index in [2.05, 4.69) is 81.2 Å². The SMILES string of the molecule is CCn1c(-c2ccccc2)c(-c2cc(C)nc3ncnn23)c2ccccc21. The predicted molar refractivity (Wildman–Crippen MR) is 108 cm³/mol. The first-order valence-corrected chi connectivity index (χ1v) is 9.12. The Morgan fingerprint density at radius 3 is 2.56 bits per heavy atom. The summed E-state index contributed by atoms with van der Waals surface area (Å²) in [6.07, 6.45) is 1.56. The molecule has 0 saturated carbocycles. The lowest BCUT2D eigenvalue weighted by atomic mass is 10.0. The number of hydrogen-bond acceptors (Lipinski definition) is 3. The van der Waals surface area contributed by atoms with Crippen molar-refractivity contribution in [2.45, 2.75) is 20.4 Å². The molecular formula is C22H19N5. The molecule has 5 nitrogen and oxygen atoms in total. The highest BCUT2D eigenvalue weighted by molar-refractivity contribution is 6.04. The highest BCUT2D eigenvalue weighted by atomic mass is 15.3. The van der Waals surface area contributed by atoms with Crippen molar-refractivity contribution < 1.29 is 0 Å². The Morgan fingerprint density at radius 1 is 0.963 bits per heavy atom. The van der Waals surface area contributed by atoms with Gasteiger partial charge >= 0.3 is 0 Å². The van der Waals surface area contributed by atoms with E-state index < -0.39 is 0 Å². The van der Waals surface area contributed by atoms with Gasteiger partial charge in [0.25, 0.3) is 5.78 Å². The van der Waals surface area contributed by atoms with Gasteiger partial charge in [-0.05, 0) is 31.5 Å². The molecule has 0 aliphatic rings. The molecule has 3 aromatic heterocycles. The van der Waals surface area contributed by atoms with E-state index in [0.29, 0.717) is 5.78 Å². The minimum atomic E-state index is 0.623. The van der Waals surface area contributed by atoms with Crippen LogP contribution in [0.5, 0.6) is 0 Å². The van der Waals surface area contributed by atoms with Gasteiger partial charge in [0, 0.05) is 28.7 Å². The number of aromatic nitrogens is 5. The number of rotatable bonds is 3. The third kappa shape index (κ3) is 2.35. The average Bonchev–Trinajstić information content (AvgIpc) is 3.30. The standard InChI is InChI=1S/C22H19N5/c1-3-26-18-12-8-7-11-17(18)20(21(26)16-9-5-4-6-10-16)19-13-15(2)25-22-23-14-24-27(19)22/h4-14H,3H2,1-2H3. The summed E-state index contributed by atoms with van der Waals surface area (Å²) >= 11 is 0. The van der Waals surface area contributed by atoms with Crippen LogP contribution in [0.1, 0.15) is 12.6 Å². The molecule has 0 fully saturated rings. The van der Waals surface area contributed by atoms with Gasteiger partial charge in [-0.1, -0.05) is 48.5 Å². The van der Waals surface area contributed by atoms with Gasteiger partial charge in [-0.2, -0.15) is 14.6 Å². The molecule has 0 unspecified atom stereocenters. The van der Waals surface area contributed by atoms with E-state index in [0.717, 1.165) is 17.9 Å². The zero-order chi connectivity index (χ0) is 18.4. The lowest BCUT2D eigenvalue weighted by molar-refractivity contribution is 0.805. The molecule has 0 amide bonds. The third-order valence-corrected chi connectivity index (χ3v) is 4.97. The van der Waals surface area contributed by atoms with Crippen LogP contribution in [0, 0.1) is 6.92 Å². The summed E-state index contributed by atoms with van der Waals surface area (Å²) in [5, 5.41) is 5.66. The van der Waals surface area contributed by atoms with Crippen molar-refractivity contribution in [3.8, 4) is 22.5 Å². The number of benzene rings is 2. The molecule has 5 rings (SSSR count). The number of para-hydroxylation sites is 1. The van der Waals surface area contributed by atoms with E-state index in [4.69, 9.17) is 0 Å². The van der Waals surface area contributed by atoms with Crippen LogP contribution in [0.25, 0.3) is 39.2 Å². The van der Waals surface area contributed by atoms with E-state index >= 15 is 0 Å². The van der Waals surface area contributed by atoms with Crippen molar-refractivity contribution in [3.63, 3.8) is 0 Å². The van der Waals surface area contributed by atoms with Gasteiger partial charge in [0.2, 0.25) is 0 Å². The zero-order valence-corrected chi connectivity index (χ0v) is 15.3. The normalized spacial score (nSPS) is 11.5. The molecule has 0 aliphatic carbocycles. The lowest BCUT2D eigenvalue weighted by Crippen LogP contribution is -2.01. The van der Waals surface area contributed by atoms with Gasteiger partial charge in [0.15, 0.2) is 0 Å². The van der Waals surface area contributed by atoms with E-state index in [1.165, 1.54) is 27.7 Å². The molecular weight excluding hydrogens is 334 g/mol. The van der Waals surface area contributed by atoms with Crippen LogP contribution in [-0.2, 0) is 6.54 Å². The molecule has 0 radical (unpaired) electrons. The Morgan fingerprint density at radius 2 is 1.74 bits per heavy atom. The zero-order valence-electron chi connectivity index (χ0n) is 15.3. The first-order valence-electron chi connectivity index (χ1n) is 9.12. The maximum Gasteiger partial charge on any atom is 0.252 e. The maximum atomic E-state index is 4.51. The molecule has 5 heteroatoms. The first-order chi connectivity index (χ1) is 13.3. The number of fused-ring (bicyclic) bond motifs is 2. The van der Waals surface area contributed by atoms with Crippen LogP contribution >= 0.6 is 0 Å². The summed E-state index contributed by atoms with van der Waals surface area (Å²) in [5.74, 6) is 0.623. The summed E-state index contributed by atoms with van der Waals surface area (Å²) in [7, 11) is 0. The molecule has 0 saturated heterocycles. The highest BCUT2D eigenvalue weighted by Crippen LogP contribution is 2.40. The van der Waals surface area contributed by atoms with E-state index in [-0.39, 0.29) is 0 Å². The number of hydrogen-bond donors (Lipinski definition) is 0. The van der Waals surface area contributed by atoms with Gasteiger partial charge in [0.05, 0.1) is 11.4 Å². The summed E-state index contributed by atoms with van der Waals surface area (Å²) in [6, 6.07) is 21.2. The smallest absolute Gasteiger partial charge is 0.252 e. The third-order valence-electron chi connectivity index (χ3n) is 4.97. The van der Waals surface area contributed by atoms with Gasteiger partial charge in [-0.3, -0.25) is 0 Å². The molecule has 0 N–H and O–H groups in total. The van der Waals surface area contributed by atoms with Gasteiger partial charge in [-0.25, -0.2) is 4.98 Å². The molecule has 5 aromatic rings. The molecule has 27 heavy (non-hydrogen) atoms. The quantitative estimate of drug-likeness (QED) is 0.471. The second-order valence-electron chi connectivity index (χ2n) is 6.61. The van der Waals surface area contributed by atoms with Gasteiger partial charge in [-0.15, -0.1) is 0 Å². The number of nitrogens with zero attached hydrogens (tertiary/aromatic N) is 5. The van der Waals surface area contributed by atoms with E-state index in [9.17, 15) is 0 Å². The van der Waals surface area contributed by atoms with Crippen molar-refractivity contribution in [3.05, 3.63) is 72.7 Å². The van der Waals surface area contributed by atoms with Gasteiger partial charge < -0.3 is 4.57 Å². The van der Waals surface area contributed by atoms with Crippen LogP contribution in [0.4, 0.5) is 0 Å². The second-order valence-corrected chi connectivity index (χ2v) is 6.61. The van der Waals surface area contributed by atoms with Crippen molar-refractivity contribution in [2.75, 3.05) is 0 Å². The fraction of sp³-hybridized carbons (Fsp3) is 0.136. The molecule has 0 atom stereocenters. The van der Waals surface area contributed by atoms with Crippen molar-refractivity contribution in [2.24, 2.45) is 0 Å².